The summed E-state index contributed by atoms with van der Waals surface area (Å²) in [5.74, 6) is -0.463. The Morgan fingerprint density at radius 1 is 1.04 bits per heavy atom. The van der Waals surface area contributed by atoms with Gasteiger partial charge in [-0.3, -0.25) is 9.59 Å². The van der Waals surface area contributed by atoms with Crippen LogP contribution >= 0.6 is 11.6 Å². The van der Waals surface area contributed by atoms with Gasteiger partial charge in [-0.15, -0.1) is 0 Å². The summed E-state index contributed by atoms with van der Waals surface area (Å²) >= 11 is 5.88. The maximum atomic E-state index is 12.4. The van der Waals surface area contributed by atoms with Crippen molar-refractivity contribution in [1.82, 2.24) is 0 Å². The van der Waals surface area contributed by atoms with Crippen LogP contribution in [-0.2, 0) is 9.59 Å². The van der Waals surface area contributed by atoms with Gasteiger partial charge in [0.15, 0.2) is 11.5 Å². The van der Waals surface area contributed by atoms with E-state index in [9.17, 15) is 9.59 Å². The van der Waals surface area contributed by atoms with Crippen LogP contribution in [0.4, 0.5) is 5.69 Å². The minimum Gasteiger partial charge on any atom is -0.486 e. The van der Waals surface area contributed by atoms with Gasteiger partial charge in [0.2, 0.25) is 5.91 Å². The number of hydrogen-bond donors (Lipinski definition) is 2. The summed E-state index contributed by atoms with van der Waals surface area (Å²) in [7, 11) is 0. The second-order valence-corrected chi connectivity index (χ2v) is 6.39. The van der Waals surface area contributed by atoms with Crippen LogP contribution in [0, 0.1) is 0 Å². The second-order valence-electron chi connectivity index (χ2n) is 5.96. The van der Waals surface area contributed by atoms with E-state index in [4.69, 9.17) is 26.2 Å². The minimum absolute atomic E-state index is 0.0440. The Morgan fingerprint density at radius 3 is 2.42 bits per heavy atom. The van der Waals surface area contributed by atoms with Gasteiger partial charge in [-0.2, -0.15) is 0 Å². The van der Waals surface area contributed by atoms with Crippen molar-refractivity contribution in [2.45, 2.75) is 18.8 Å². The molecule has 0 bridgehead atoms. The highest BCUT2D eigenvalue weighted by Gasteiger charge is 2.20. The van der Waals surface area contributed by atoms with Crippen LogP contribution < -0.4 is 14.8 Å². The highest BCUT2D eigenvalue weighted by atomic mass is 35.5. The fourth-order valence-corrected chi connectivity index (χ4v) is 2.94. The smallest absolute Gasteiger partial charge is 0.303 e. The number of fused-ring (bicyclic) bond motifs is 1. The van der Waals surface area contributed by atoms with Gasteiger partial charge in [-0.1, -0.05) is 23.7 Å². The molecule has 2 aromatic carbocycles. The van der Waals surface area contributed by atoms with E-state index in [0.717, 1.165) is 5.56 Å². The average molecular weight is 376 g/mol. The SMILES string of the molecule is O=C(O)C[C@H](CC(=O)Nc1ccc2c(c1)OCCO2)c1ccc(Cl)cc1. The van der Waals surface area contributed by atoms with Crippen LogP contribution in [0.5, 0.6) is 11.5 Å². The monoisotopic (exact) mass is 375 g/mol. The maximum Gasteiger partial charge on any atom is 0.303 e. The zero-order chi connectivity index (χ0) is 18.5. The zero-order valence-electron chi connectivity index (χ0n) is 13.9. The van der Waals surface area contributed by atoms with Crippen LogP contribution in [0.15, 0.2) is 42.5 Å². The van der Waals surface area contributed by atoms with Crippen molar-refractivity contribution in [3.63, 3.8) is 0 Å². The number of benzene rings is 2. The number of halogens is 1. The molecule has 0 fully saturated rings. The van der Waals surface area contributed by atoms with Crippen LogP contribution in [-0.4, -0.2) is 30.2 Å². The van der Waals surface area contributed by atoms with Gasteiger partial charge in [0.1, 0.15) is 13.2 Å². The molecule has 0 saturated carbocycles. The molecule has 1 heterocycles. The van der Waals surface area contributed by atoms with Crippen molar-refractivity contribution in [2.24, 2.45) is 0 Å². The standard InChI is InChI=1S/C19H18ClNO5/c20-14-3-1-12(2-4-14)13(10-19(23)24)9-18(22)21-15-5-6-16-17(11-15)26-8-7-25-16/h1-6,11,13H,7-10H2,(H,21,22)(H,23,24)/t13-/m0/s1. The summed E-state index contributed by atoms with van der Waals surface area (Å²) in [5.41, 5.74) is 1.33. The lowest BCUT2D eigenvalue weighted by Crippen LogP contribution is -2.18. The number of carboxylic acid groups (broad SMARTS) is 1. The summed E-state index contributed by atoms with van der Waals surface area (Å²) in [6.45, 7) is 0.957. The summed E-state index contributed by atoms with van der Waals surface area (Å²) in [4.78, 5) is 23.6. The van der Waals surface area contributed by atoms with E-state index in [-0.39, 0.29) is 18.7 Å². The third kappa shape index (κ3) is 4.67. The Labute approximate surface area is 155 Å². The molecule has 0 spiro atoms. The molecule has 0 unspecified atom stereocenters. The Morgan fingerprint density at radius 2 is 1.73 bits per heavy atom. The van der Waals surface area contributed by atoms with E-state index < -0.39 is 11.9 Å². The van der Waals surface area contributed by atoms with Gasteiger partial charge in [0.25, 0.3) is 0 Å². The van der Waals surface area contributed by atoms with E-state index in [0.29, 0.717) is 35.4 Å². The lowest BCUT2D eigenvalue weighted by atomic mass is 9.92. The van der Waals surface area contributed by atoms with Crippen LogP contribution in [0.3, 0.4) is 0 Å². The summed E-state index contributed by atoms with van der Waals surface area (Å²) in [6, 6.07) is 12.0. The predicted octanol–water partition coefficient (Wildman–Crippen LogP) is 3.70. The van der Waals surface area contributed by atoms with Crippen molar-refractivity contribution in [2.75, 3.05) is 18.5 Å². The molecule has 2 N–H and O–H groups in total. The molecule has 1 atom stereocenters. The highest BCUT2D eigenvalue weighted by molar-refractivity contribution is 6.30. The molecule has 26 heavy (non-hydrogen) atoms. The van der Waals surface area contributed by atoms with E-state index in [1.54, 1.807) is 42.5 Å². The molecule has 0 aliphatic carbocycles. The number of carbonyl (C=O) groups is 2. The Hall–Kier alpha value is -2.73. The Kier molecular flexibility index (Phi) is 5.63. The first kappa shape index (κ1) is 18.1. The number of carbonyl (C=O) groups excluding carboxylic acids is 1. The number of hydrogen-bond acceptors (Lipinski definition) is 4. The van der Waals surface area contributed by atoms with Gasteiger partial charge >= 0.3 is 5.97 Å². The molecule has 0 saturated heterocycles. The largest absolute Gasteiger partial charge is 0.486 e. The quantitative estimate of drug-likeness (QED) is 0.804. The van der Waals surface area contributed by atoms with E-state index in [1.807, 2.05) is 0 Å². The number of amides is 1. The number of aliphatic carboxylic acids is 1. The number of carboxylic acids is 1. The van der Waals surface area contributed by atoms with Crippen LogP contribution in [0.2, 0.25) is 5.02 Å². The van der Waals surface area contributed by atoms with E-state index in [1.165, 1.54) is 0 Å². The fraction of sp³-hybridized carbons (Fsp3) is 0.263. The average Bonchev–Trinajstić information content (AvgIpc) is 2.61. The second kappa shape index (κ2) is 8.10. The van der Waals surface area contributed by atoms with Gasteiger partial charge in [0, 0.05) is 29.1 Å². The third-order valence-electron chi connectivity index (χ3n) is 4.02. The third-order valence-corrected chi connectivity index (χ3v) is 4.27. The molecule has 0 aromatic heterocycles. The first-order valence-electron chi connectivity index (χ1n) is 8.18. The highest BCUT2D eigenvalue weighted by Crippen LogP contribution is 2.33. The molecule has 1 amide bonds. The number of ether oxygens (including phenoxy) is 2. The molecular weight excluding hydrogens is 358 g/mol. The molecule has 7 heteroatoms. The minimum atomic E-state index is -0.961. The molecule has 3 rings (SSSR count). The predicted molar refractivity (Wildman–Crippen MR) is 97.1 cm³/mol. The normalized spacial score (nSPS) is 13.7. The van der Waals surface area contributed by atoms with Gasteiger partial charge in [0.05, 0.1) is 6.42 Å². The van der Waals surface area contributed by atoms with Gasteiger partial charge < -0.3 is 19.9 Å². The first-order chi connectivity index (χ1) is 12.5. The van der Waals surface area contributed by atoms with Crippen LogP contribution in [0.1, 0.15) is 24.3 Å². The molecule has 136 valence electrons. The Bertz CT molecular complexity index is 806. The topological polar surface area (TPSA) is 84.9 Å². The molecule has 2 aromatic rings. The van der Waals surface area contributed by atoms with Crippen molar-refractivity contribution < 1.29 is 24.2 Å². The van der Waals surface area contributed by atoms with Crippen molar-refractivity contribution >= 4 is 29.2 Å². The summed E-state index contributed by atoms with van der Waals surface area (Å²) < 4.78 is 10.9. The number of rotatable bonds is 6. The Balaban J connectivity index is 1.69. The van der Waals surface area contributed by atoms with Crippen LogP contribution in [0.25, 0.3) is 0 Å². The zero-order valence-corrected chi connectivity index (χ0v) is 14.7. The number of anilines is 1. The molecule has 6 nitrogen and oxygen atoms in total. The number of nitrogens with one attached hydrogen (secondary N) is 1. The van der Waals surface area contributed by atoms with E-state index >= 15 is 0 Å². The summed E-state index contributed by atoms with van der Waals surface area (Å²) in [5, 5.41) is 12.5. The lowest BCUT2D eigenvalue weighted by molar-refractivity contribution is -0.137. The lowest BCUT2D eigenvalue weighted by Gasteiger charge is -2.19. The molecule has 1 aliphatic heterocycles. The molecule has 1 aliphatic rings. The summed E-state index contributed by atoms with van der Waals surface area (Å²) in [6.07, 6.45) is -0.0986. The van der Waals surface area contributed by atoms with Crippen molar-refractivity contribution in [3.05, 3.63) is 53.1 Å². The van der Waals surface area contributed by atoms with Gasteiger partial charge in [-0.05, 0) is 29.8 Å². The van der Waals surface area contributed by atoms with Gasteiger partial charge in [-0.25, -0.2) is 0 Å². The van der Waals surface area contributed by atoms with E-state index in [2.05, 4.69) is 5.32 Å². The van der Waals surface area contributed by atoms with Crippen molar-refractivity contribution in [3.8, 4) is 11.5 Å². The van der Waals surface area contributed by atoms with Crippen molar-refractivity contribution in [1.29, 1.82) is 0 Å². The molecular formula is C19H18ClNO5. The maximum absolute atomic E-state index is 12.4. The molecule has 0 radical (unpaired) electrons. The first-order valence-corrected chi connectivity index (χ1v) is 8.56. The fourth-order valence-electron chi connectivity index (χ4n) is 2.81.